The van der Waals surface area contributed by atoms with Crippen LogP contribution in [0.3, 0.4) is 0 Å². The monoisotopic (exact) mass is 395 g/mol. The molecule has 6 nitrogen and oxygen atoms in total. The number of ether oxygens (including phenoxy) is 1. The molecule has 8 rings (SSSR count). The number of rotatable bonds is 0. The lowest BCUT2D eigenvalue weighted by atomic mass is 9.93. The minimum absolute atomic E-state index is 0.0518. The predicted molar refractivity (Wildman–Crippen MR) is 112 cm³/mol. The van der Waals surface area contributed by atoms with E-state index in [1.807, 2.05) is 12.1 Å². The lowest BCUT2D eigenvalue weighted by Gasteiger charge is -2.17. The van der Waals surface area contributed by atoms with Crippen molar-refractivity contribution in [3.05, 3.63) is 52.7 Å². The highest BCUT2D eigenvalue weighted by atomic mass is 16.5. The Hall–Kier alpha value is -3.38. The van der Waals surface area contributed by atoms with Gasteiger partial charge in [0.1, 0.15) is 12.5 Å². The van der Waals surface area contributed by atoms with Gasteiger partial charge < -0.3 is 13.9 Å². The first kappa shape index (κ1) is 15.5. The predicted octanol–water partition coefficient (Wildman–Crippen LogP) is 4.41. The Balaban J connectivity index is 1.78. The summed E-state index contributed by atoms with van der Waals surface area (Å²) < 4.78 is 11.2. The second-order valence-electron chi connectivity index (χ2n) is 8.67. The number of imide groups is 1. The first-order valence-corrected chi connectivity index (χ1v) is 10.6. The van der Waals surface area contributed by atoms with Crippen LogP contribution in [-0.2, 0) is 11.2 Å². The van der Waals surface area contributed by atoms with E-state index < -0.39 is 0 Å². The lowest BCUT2D eigenvalue weighted by molar-refractivity contribution is -0.0251. The first-order chi connectivity index (χ1) is 14.7. The van der Waals surface area contributed by atoms with Crippen LogP contribution in [-0.4, -0.2) is 20.9 Å². The molecular formula is C24H17N3O3. The largest absolute Gasteiger partial charge is 0.335 e. The van der Waals surface area contributed by atoms with Crippen molar-refractivity contribution < 1.29 is 14.3 Å². The summed E-state index contributed by atoms with van der Waals surface area (Å²) in [4.78, 5) is 26.1. The molecule has 1 N–H and O–H groups in total. The quantitative estimate of drug-likeness (QED) is 0.449. The van der Waals surface area contributed by atoms with Crippen LogP contribution in [0.25, 0.3) is 38.8 Å². The van der Waals surface area contributed by atoms with Crippen molar-refractivity contribution in [3.8, 4) is 0 Å². The van der Waals surface area contributed by atoms with Crippen LogP contribution in [0.4, 0.5) is 0 Å². The zero-order valence-electron chi connectivity index (χ0n) is 16.1. The van der Waals surface area contributed by atoms with Crippen molar-refractivity contribution in [2.75, 3.05) is 0 Å². The van der Waals surface area contributed by atoms with E-state index in [1.54, 1.807) is 0 Å². The van der Waals surface area contributed by atoms with E-state index in [2.05, 4.69) is 38.7 Å². The zero-order valence-corrected chi connectivity index (χ0v) is 16.1. The molecule has 1 aliphatic carbocycles. The van der Waals surface area contributed by atoms with Crippen molar-refractivity contribution in [2.45, 2.75) is 38.1 Å². The molecule has 146 valence electrons. The summed E-state index contributed by atoms with van der Waals surface area (Å²) in [6, 6.07) is 8.17. The van der Waals surface area contributed by atoms with E-state index in [4.69, 9.17) is 4.74 Å². The number of carbonyl (C=O) groups is 2. The fourth-order valence-corrected chi connectivity index (χ4v) is 6.28. The molecule has 4 aromatic rings. The second kappa shape index (κ2) is 4.84. The maximum absolute atomic E-state index is 13.0. The average molecular weight is 395 g/mol. The van der Waals surface area contributed by atoms with Crippen LogP contribution < -0.4 is 5.32 Å². The third-order valence-corrected chi connectivity index (χ3v) is 7.30. The van der Waals surface area contributed by atoms with Gasteiger partial charge in [-0.15, -0.1) is 0 Å². The number of benzene rings is 2. The zero-order chi connectivity index (χ0) is 19.7. The molecule has 1 fully saturated rings. The fourth-order valence-electron chi connectivity index (χ4n) is 6.28. The number of allylic oxidation sites excluding steroid dienone is 1. The average Bonchev–Trinajstić information content (AvgIpc) is 3.46. The van der Waals surface area contributed by atoms with Crippen LogP contribution in [0.15, 0.2) is 30.3 Å². The number of amides is 2. The molecular weight excluding hydrogens is 378 g/mol. The van der Waals surface area contributed by atoms with Gasteiger partial charge in [0.2, 0.25) is 0 Å². The molecule has 6 heteroatoms. The Labute approximate surface area is 170 Å². The number of aryl methyl sites for hydroxylation is 1. The summed E-state index contributed by atoms with van der Waals surface area (Å²) >= 11 is 0. The van der Waals surface area contributed by atoms with Crippen LogP contribution in [0, 0.1) is 0 Å². The molecule has 3 aliphatic heterocycles. The van der Waals surface area contributed by atoms with Crippen molar-refractivity contribution in [3.63, 3.8) is 0 Å². The van der Waals surface area contributed by atoms with Gasteiger partial charge in [0.15, 0.2) is 0 Å². The summed E-state index contributed by atoms with van der Waals surface area (Å²) in [6.07, 6.45) is 7.91. The summed E-state index contributed by atoms with van der Waals surface area (Å²) in [5.41, 5.74) is 6.52. The molecule has 1 unspecified atom stereocenters. The van der Waals surface area contributed by atoms with Gasteiger partial charge in [0.05, 0.1) is 27.7 Å². The van der Waals surface area contributed by atoms with Gasteiger partial charge in [0, 0.05) is 21.9 Å². The number of nitrogens with one attached hydrogen (secondary N) is 1. The Kier molecular flexibility index (Phi) is 2.50. The Morgan fingerprint density at radius 2 is 1.67 bits per heavy atom. The third kappa shape index (κ3) is 1.50. The number of aromatic nitrogens is 2. The molecule has 2 amide bonds. The van der Waals surface area contributed by atoms with Gasteiger partial charge in [-0.05, 0) is 43.4 Å². The fraction of sp³-hybridized carbons (Fsp3) is 0.250. The Bertz CT molecular complexity index is 1550. The summed E-state index contributed by atoms with van der Waals surface area (Å²) in [6.45, 7) is 0. The van der Waals surface area contributed by atoms with E-state index in [0.29, 0.717) is 11.1 Å². The van der Waals surface area contributed by atoms with Gasteiger partial charge >= 0.3 is 0 Å². The SMILES string of the molecule is O=C1NC(=O)c2c1c1c3c(n4c1c1c2c2ccccc2n1[C@@H]1CCC4O1)C=CCC3. The molecule has 0 radical (unpaired) electrons. The summed E-state index contributed by atoms with van der Waals surface area (Å²) in [5.74, 6) is -0.568. The molecule has 0 spiro atoms. The van der Waals surface area contributed by atoms with Crippen molar-refractivity contribution in [1.82, 2.24) is 14.5 Å². The minimum atomic E-state index is -0.289. The van der Waals surface area contributed by atoms with Crippen molar-refractivity contribution >= 4 is 50.6 Å². The topological polar surface area (TPSA) is 65.3 Å². The smallest absolute Gasteiger partial charge is 0.259 e. The van der Waals surface area contributed by atoms with Crippen LogP contribution >= 0.6 is 0 Å². The lowest BCUT2D eigenvalue weighted by Crippen LogP contribution is -2.20. The van der Waals surface area contributed by atoms with E-state index in [-0.39, 0.29) is 24.3 Å². The molecule has 2 aromatic carbocycles. The van der Waals surface area contributed by atoms with Gasteiger partial charge in [-0.25, -0.2) is 0 Å². The standard InChI is InChI=1S/C24H17N3O3/c28-23-19-17-11-5-1-3-7-13(11)26-15-9-10-16(30-15)27-14-8-4-2-6-12(14)18(22(27)21(17)26)20(19)24(29)25-23/h1,3-5,7-8,15-16H,2,6,9-10H2,(H,25,28,29)/t15-,16?/m0/s1. The number of nitrogens with zero attached hydrogens (tertiary/aromatic N) is 2. The molecule has 2 atom stereocenters. The van der Waals surface area contributed by atoms with E-state index in [1.165, 1.54) is 5.56 Å². The van der Waals surface area contributed by atoms with E-state index in [0.717, 1.165) is 64.1 Å². The highest BCUT2D eigenvalue weighted by molar-refractivity contribution is 6.37. The molecule has 30 heavy (non-hydrogen) atoms. The van der Waals surface area contributed by atoms with Crippen molar-refractivity contribution in [1.29, 1.82) is 0 Å². The third-order valence-electron chi connectivity index (χ3n) is 7.30. The van der Waals surface area contributed by atoms with Crippen LogP contribution in [0.2, 0.25) is 0 Å². The molecule has 2 aromatic heterocycles. The molecule has 1 saturated heterocycles. The number of hydrogen-bond acceptors (Lipinski definition) is 3. The van der Waals surface area contributed by atoms with Crippen molar-refractivity contribution in [2.24, 2.45) is 0 Å². The molecule has 5 heterocycles. The van der Waals surface area contributed by atoms with E-state index in [9.17, 15) is 9.59 Å². The Morgan fingerprint density at radius 1 is 0.933 bits per heavy atom. The first-order valence-electron chi connectivity index (χ1n) is 10.6. The van der Waals surface area contributed by atoms with Gasteiger partial charge in [0.25, 0.3) is 11.8 Å². The molecule has 2 bridgehead atoms. The van der Waals surface area contributed by atoms with Gasteiger partial charge in [-0.1, -0.05) is 24.3 Å². The maximum Gasteiger partial charge on any atom is 0.259 e. The van der Waals surface area contributed by atoms with Gasteiger partial charge in [-0.2, -0.15) is 0 Å². The number of para-hydroxylation sites is 1. The van der Waals surface area contributed by atoms with Gasteiger partial charge in [-0.3, -0.25) is 14.9 Å². The highest BCUT2D eigenvalue weighted by Crippen LogP contribution is 2.52. The van der Waals surface area contributed by atoms with E-state index >= 15 is 0 Å². The normalized spacial score (nSPS) is 23.6. The number of carbonyl (C=O) groups excluding carboxylic acids is 2. The van der Waals surface area contributed by atoms with Crippen LogP contribution in [0.1, 0.15) is 63.7 Å². The maximum atomic E-state index is 13.0. The molecule has 4 aliphatic rings. The highest BCUT2D eigenvalue weighted by Gasteiger charge is 2.43. The number of fused-ring (bicyclic) bond motifs is 13. The summed E-state index contributed by atoms with van der Waals surface area (Å²) in [7, 11) is 0. The Morgan fingerprint density at radius 3 is 2.53 bits per heavy atom. The molecule has 0 saturated carbocycles. The second-order valence-corrected chi connectivity index (χ2v) is 8.67. The minimum Gasteiger partial charge on any atom is -0.335 e. The van der Waals surface area contributed by atoms with Crippen LogP contribution in [0.5, 0.6) is 0 Å². The summed E-state index contributed by atoms with van der Waals surface area (Å²) in [5, 5.41) is 5.42. The number of hydrogen-bond donors (Lipinski definition) is 1.